The normalized spacial score (nSPS) is 20.2. The second kappa shape index (κ2) is 9.39. The van der Waals surface area contributed by atoms with Crippen LogP contribution in [0.4, 0.5) is 10.6 Å². The van der Waals surface area contributed by atoms with Crippen LogP contribution < -0.4 is 4.90 Å². The summed E-state index contributed by atoms with van der Waals surface area (Å²) in [4.78, 5) is 22.5. The Kier molecular flexibility index (Phi) is 6.61. The summed E-state index contributed by atoms with van der Waals surface area (Å²) in [6.45, 7) is 7.75. The predicted octanol–water partition coefficient (Wildman–Crippen LogP) is 6.10. The molecule has 2 aromatic rings. The molecule has 31 heavy (non-hydrogen) atoms. The first-order valence-electron chi connectivity index (χ1n) is 11.7. The van der Waals surface area contributed by atoms with Crippen molar-refractivity contribution in [2.24, 2.45) is 0 Å². The van der Waals surface area contributed by atoms with Crippen LogP contribution in [0.15, 0.2) is 48.7 Å². The molecular formula is C26H35N3O2. The lowest BCUT2D eigenvalue weighted by atomic mass is 10.0. The van der Waals surface area contributed by atoms with E-state index in [9.17, 15) is 4.79 Å². The minimum Gasteiger partial charge on any atom is -0.443 e. The molecule has 0 radical (unpaired) electrons. The Morgan fingerprint density at radius 2 is 1.81 bits per heavy atom. The fraction of sp³-hybridized carbons (Fsp3) is 0.538. The Balaban J connectivity index is 1.65. The molecular weight excluding hydrogens is 386 g/mol. The lowest BCUT2D eigenvalue weighted by Gasteiger charge is -2.34. The number of benzene rings is 1. The van der Waals surface area contributed by atoms with Crippen molar-refractivity contribution in [3.8, 4) is 0 Å². The summed E-state index contributed by atoms with van der Waals surface area (Å²) >= 11 is 0. The van der Waals surface area contributed by atoms with Crippen LogP contribution in [-0.2, 0) is 11.3 Å². The molecule has 1 unspecified atom stereocenters. The fourth-order valence-corrected chi connectivity index (χ4v) is 4.94. The largest absolute Gasteiger partial charge is 0.443 e. The summed E-state index contributed by atoms with van der Waals surface area (Å²) in [6, 6.07) is 15.2. The number of hydrogen-bond donors (Lipinski definition) is 0. The van der Waals surface area contributed by atoms with Crippen molar-refractivity contribution in [3.63, 3.8) is 0 Å². The van der Waals surface area contributed by atoms with E-state index in [-0.39, 0.29) is 18.2 Å². The number of amides is 1. The highest BCUT2D eigenvalue weighted by atomic mass is 16.6. The number of likely N-dealkylation sites (tertiary alicyclic amines) is 1. The van der Waals surface area contributed by atoms with Gasteiger partial charge in [-0.25, -0.2) is 9.78 Å². The van der Waals surface area contributed by atoms with E-state index in [1.54, 1.807) is 0 Å². The van der Waals surface area contributed by atoms with Crippen LogP contribution in [0.5, 0.6) is 0 Å². The van der Waals surface area contributed by atoms with E-state index in [1.165, 1.54) is 5.56 Å². The zero-order chi connectivity index (χ0) is 21.8. The van der Waals surface area contributed by atoms with Crippen LogP contribution in [-0.4, -0.2) is 34.2 Å². The Morgan fingerprint density at radius 1 is 1.06 bits per heavy atom. The van der Waals surface area contributed by atoms with E-state index in [0.29, 0.717) is 0 Å². The summed E-state index contributed by atoms with van der Waals surface area (Å²) in [6.07, 6.45) is 8.08. The molecule has 1 aromatic heterocycles. The number of ether oxygens (including phenoxy) is 1. The molecule has 1 saturated heterocycles. The molecule has 0 N–H and O–H groups in total. The topological polar surface area (TPSA) is 45.7 Å². The van der Waals surface area contributed by atoms with Gasteiger partial charge in [-0.05, 0) is 64.6 Å². The van der Waals surface area contributed by atoms with Gasteiger partial charge >= 0.3 is 6.09 Å². The number of nitrogens with zero attached hydrogens (tertiary/aromatic N) is 3. The zero-order valence-electron chi connectivity index (χ0n) is 19.1. The molecule has 1 aliphatic heterocycles. The van der Waals surface area contributed by atoms with Crippen molar-refractivity contribution in [2.45, 2.75) is 83.5 Å². The Bertz CT molecular complexity index is 872. The molecule has 5 heteroatoms. The van der Waals surface area contributed by atoms with E-state index in [0.717, 1.165) is 63.0 Å². The quantitative estimate of drug-likeness (QED) is 0.585. The first-order chi connectivity index (χ1) is 14.9. The van der Waals surface area contributed by atoms with Crippen molar-refractivity contribution in [3.05, 3.63) is 59.8 Å². The van der Waals surface area contributed by atoms with Gasteiger partial charge in [0.05, 0.1) is 0 Å². The maximum absolute atomic E-state index is 13.3. The van der Waals surface area contributed by atoms with E-state index < -0.39 is 5.60 Å². The fourth-order valence-electron chi connectivity index (χ4n) is 4.94. The van der Waals surface area contributed by atoms with E-state index in [1.807, 2.05) is 37.9 Å². The molecule has 1 saturated carbocycles. The molecule has 166 valence electrons. The van der Waals surface area contributed by atoms with Crippen molar-refractivity contribution in [1.82, 2.24) is 9.88 Å². The van der Waals surface area contributed by atoms with Crippen LogP contribution in [0.1, 0.15) is 76.5 Å². The van der Waals surface area contributed by atoms with Gasteiger partial charge in [0.25, 0.3) is 0 Å². The van der Waals surface area contributed by atoms with Gasteiger partial charge in [0.15, 0.2) is 0 Å². The number of carbonyl (C=O) groups excluding carboxylic acids is 1. The van der Waals surface area contributed by atoms with Crippen LogP contribution in [0.3, 0.4) is 0 Å². The van der Waals surface area contributed by atoms with Gasteiger partial charge in [0.2, 0.25) is 0 Å². The molecule has 5 nitrogen and oxygen atoms in total. The standard InChI is InChI=1S/C26H35N3O2/c1-26(2,3)31-25(30)29(21-13-7-8-14-21)24-22(15-9-17-27-24)23-16-10-18-28(23)19-20-11-5-4-6-12-20/h4-6,9,11-12,15,17,21,23H,7-8,10,13-14,16,18-19H2,1-3H3. The van der Waals surface area contributed by atoms with Crippen molar-refractivity contribution >= 4 is 11.9 Å². The van der Waals surface area contributed by atoms with Crippen LogP contribution in [0, 0.1) is 0 Å². The van der Waals surface area contributed by atoms with Crippen LogP contribution >= 0.6 is 0 Å². The average Bonchev–Trinajstić information content (AvgIpc) is 3.41. The van der Waals surface area contributed by atoms with E-state index in [2.05, 4.69) is 41.3 Å². The second-order valence-electron chi connectivity index (χ2n) is 9.82. The summed E-state index contributed by atoms with van der Waals surface area (Å²) in [5, 5.41) is 0. The molecule has 2 fully saturated rings. The van der Waals surface area contributed by atoms with Gasteiger partial charge in [-0.3, -0.25) is 9.80 Å². The highest BCUT2D eigenvalue weighted by molar-refractivity contribution is 5.88. The first kappa shape index (κ1) is 21.8. The third kappa shape index (κ3) is 5.27. The van der Waals surface area contributed by atoms with Gasteiger partial charge in [0.1, 0.15) is 11.4 Å². The molecule has 0 bridgehead atoms. The maximum Gasteiger partial charge on any atom is 0.416 e. The van der Waals surface area contributed by atoms with Gasteiger partial charge in [-0.2, -0.15) is 0 Å². The van der Waals surface area contributed by atoms with Gasteiger partial charge in [0, 0.05) is 30.4 Å². The number of aromatic nitrogens is 1. The minimum atomic E-state index is -0.532. The highest BCUT2D eigenvalue weighted by Gasteiger charge is 2.36. The number of anilines is 1. The average molecular weight is 422 g/mol. The molecule has 2 aliphatic rings. The molecule has 1 atom stereocenters. The molecule has 4 rings (SSSR count). The van der Waals surface area contributed by atoms with Gasteiger partial charge in [-0.15, -0.1) is 0 Å². The minimum absolute atomic E-state index is 0.160. The monoisotopic (exact) mass is 421 g/mol. The predicted molar refractivity (Wildman–Crippen MR) is 124 cm³/mol. The zero-order valence-corrected chi connectivity index (χ0v) is 19.1. The number of pyridine rings is 1. The number of rotatable bonds is 5. The highest BCUT2D eigenvalue weighted by Crippen LogP contribution is 2.39. The summed E-state index contributed by atoms with van der Waals surface area (Å²) in [5.41, 5.74) is 1.93. The second-order valence-corrected chi connectivity index (χ2v) is 9.82. The van der Waals surface area contributed by atoms with Gasteiger partial charge in [-0.1, -0.05) is 49.2 Å². The van der Waals surface area contributed by atoms with Crippen LogP contribution in [0.25, 0.3) is 0 Å². The molecule has 1 amide bonds. The lowest BCUT2D eigenvalue weighted by Crippen LogP contribution is -2.44. The Labute approximate surface area is 186 Å². The molecule has 1 aliphatic carbocycles. The summed E-state index contributed by atoms with van der Waals surface area (Å²) < 4.78 is 5.84. The van der Waals surface area contributed by atoms with Crippen molar-refractivity contribution in [1.29, 1.82) is 0 Å². The Morgan fingerprint density at radius 3 is 2.52 bits per heavy atom. The Hall–Kier alpha value is -2.40. The smallest absolute Gasteiger partial charge is 0.416 e. The summed E-state index contributed by atoms with van der Waals surface area (Å²) in [7, 11) is 0. The van der Waals surface area contributed by atoms with Crippen molar-refractivity contribution < 1.29 is 9.53 Å². The maximum atomic E-state index is 13.3. The van der Waals surface area contributed by atoms with E-state index >= 15 is 0 Å². The first-order valence-corrected chi connectivity index (χ1v) is 11.7. The SMILES string of the molecule is CC(C)(C)OC(=O)N(c1ncccc1C1CCCN1Cc1ccccc1)C1CCCC1. The third-order valence-corrected chi connectivity index (χ3v) is 6.28. The summed E-state index contributed by atoms with van der Waals surface area (Å²) in [5.74, 6) is 0.786. The van der Waals surface area contributed by atoms with Crippen LogP contribution in [0.2, 0.25) is 0 Å². The number of carbonyl (C=O) groups is 1. The molecule has 0 spiro atoms. The van der Waals surface area contributed by atoms with E-state index in [4.69, 9.17) is 9.72 Å². The van der Waals surface area contributed by atoms with Gasteiger partial charge < -0.3 is 4.74 Å². The number of hydrogen-bond acceptors (Lipinski definition) is 4. The van der Waals surface area contributed by atoms with Crippen molar-refractivity contribution in [2.75, 3.05) is 11.4 Å². The molecule has 1 aromatic carbocycles. The third-order valence-electron chi connectivity index (χ3n) is 6.28. The lowest BCUT2D eigenvalue weighted by molar-refractivity contribution is 0.0563. The molecule has 2 heterocycles.